The summed E-state index contributed by atoms with van der Waals surface area (Å²) in [5.41, 5.74) is 1.40. The molecule has 0 radical (unpaired) electrons. The fourth-order valence-electron chi connectivity index (χ4n) is 4.21. The van der Waals surface area contributed by atoms with Gasteiger partial charge in [0.1, 0.15) is 0 Å². The molecule has 1 aromatic rings. The largest absolute Gasteiger partial charge is 0.504 e. The van der Waals surface area contributed by atoms with Crippen LogP contribution in [0.1, 0.15) is 24.5 Å². The molecule has 0 fully saturated rings. The van der Waals surface area contributed by atoms with Crippen molar-refractivity contribution in [2.24, 2.45) is 5.92 Å². The number of hydrogen-bond donors (Lipinski definition) is 2. The van der Waals surface area contributed by atoms with Gasteiger partial charge < -0.3 is 19.9 Å². The molecule has 124 valence electrons. The normalized spacial score (nSPS) is 29.4. The first kappa shape index (κ1) is 15.9. The van der Waals surface area contributed by atoms with Crippen LogP contribution >= 0.6 is 0 Å². The van der Waals surface area contributed by atoms with Crippen molar-refractivity contribution in [3.05, 3.63) is 35.1 Å². The van der Waals surface area contributed by atoms with Crippen LogP contribution < -0.4 is 10.1 Å². The molecule has 0 saturated carbocycles. The minimum atomic E-state index is -0.487. The Labute approximate surface area is 136 Å². The second-order valence-electron chi connectivity index (χ2n) is 6.53. The Balaban J connectivity index is 2.23. The van der Waals surface area contributed by atoms with E-state index in [9.17, 15) is 9.90 Å². The average molecular weight is 317 g/mol. The van der Waals surface area contributed by atoms with E-state index in [1.165, 1.54) is 14.2 Å². The van der Waals surface area contributed by atoms with Gasteiger partial charge in [-0.25, -0.2) is 0 Å². The van der Waals surface area contributed by atoms with E-state index in [2.05, 4.69) is 5.32 Å². The van der Waals surface area contributed by atoms with Crippen LogP contribution in [0.4, 0.5) is 0 Å². The van der Waals surface area contributed by atoms with Crippen LogP contribution in [0.2, 0.25) is 0 Å². The molecule has 0 saturated heterocycles. The van der Waals surface area contributed by atoms with E-state index in [0.717, 1.165) is 17.5 Å². The number of benzene rings is 1. The lowest BCUT2D eigenvalue weighted by Gasteiger charge is -2.48. The van der Waals surface area contributed by atoms with Crippen LogP contribution in [0, 0.1) is 5.92 Å². The van der Waals surface area contributed by atoms with Crippen molar-refractivity contribution in [2.75, 3.05) is 21.3 Å². The maximum atomic E-state index is 12.4. The summed E-state index contributed by atoms with van der Waals surface area (Å²) in [5, 5.41) is 14.1. The van der Waals surface area contributed by atoms with Gasteiger partial charge in [0.25, 0.3) is 0 Å². The highest BCUT2D eigenvalue weighted by molar-refractivity contribution is 5.96. The van der Waals surface area contributed by atoms with E-state index in [-0.39, 0.29) is 23.5 Å². The third kappa shape index (κ3) is 2.22. The predicted molar refractivity (Wildman–Crippen MR) is 86.8 cm³/mol. The van der Waals surface area contributed by atoms with Crippen LogP contribution in [0.5, 0.6) is 11.5 Å². The van der Waals surface area contributed by atoms with Gasteiger partial charge in [0.2, 0.25) is 0 Å². The lowest BCUT2D eigenvalue weighted by Crippen LogP contribution is -2.52. The number of fused-ring (bicyclic) bond motifs is 3. The van der Waals surface area contributed by atoms with E-state index >= 15 is 0 Å². The summed E-state index contributed by atoms with van der Waals surface area (Å²) < 4.78 is 10.5. The number of Topliss-reactive ketones (excluding diaryl/α,β-unsaturated/α-hetero) is 1. The molecule has 3 rings (SSSR count). The number of allylic oxidation sites excluding steroid dienone is 1. The fourth-order valence-corrected chi connectivity index (χ4v) is 4.21. The number of rotatable bonds is 3. The third-order valence-corrected chi connectivity index (χ3v) is 5.35. The summed E-state index contributed by atoms with van der Waals surface area (Å²) in [6.45, 7) is 2.04. The number of carbonyl (C=O) groups is 1. The minimum Gasteiger partial charge on any atom is -0.504 e. The first-order chi connectivity index (χ1) is 11.0. The molecule has 0 bridgehead atoms. The van der Waals surface area contributed by atoms with Crippen molar-refractivity contribution in [3.63, 3.8) is 0 Å². The fraction of sp³-hybridized carbons (Fsp3) is 0.500. The highest BCUT2D eigenvalue weighted by atomic mass is 16.5. The number of phenols is 1. The second kappa shape index (κ2) is 5.57. The van der Waals surface area contributed by atoms with Gasteiger partial charge in [-0.3, -0.25) is 4.79 Å². The number of likely N-dealkylation sites (N-methyl/N-ethyl adjacent to an activating group) is 1. The molecule has 5 nitrogen and oxygen atoms in total. The quantitative estimate of drug-likeness (QED) is 0.891. The molecule has 2 aliphatic carbocycles. The van der Waals surface area contributed by atoms with Gasteiger partial charge in [0, 0.05) is 29.4 Å². The number of phenolic OH excluding ortho intramolecular Hbond substituents is 1. The van der Waals surface area contributed by atoms with Gasteiger partial charge in [-0.2, -0.15) is 0 Å². The van der Waals surface area contributed by atoms with E-state index < -0.39 is 5.41 Å². The molecule has 0 amide bonds. The molecule has 3 atom stereocenters. The zero-order valence-electron chi connectivity index (χ0n) is 14.0. The second-order valence-corrected chi connectivity index (χ2v) is 6.53. The first-order valence-electron chi connectivity index (χ1n) is 7.81. The van der Waals surface area contributed by atoms with Crippen molar-refractivity contribution < 1.29 is 19.4 Å². The topological polar surface area (TPSA) is 67.8 Å². The number of aromatic hydroxyl groups is 1. The molecule has 2 N–H and O–H groups in total. The Morgan fingerprint density at radius 1 is 1.30 bits per heavy atom. The zero-order valence-corrected chi connectivity index (χ0v) is 14.0. The van der Waals surface area contributed by atoms with Gasteiger partial charge in [-0.1, -0.05) is 13.0 Å². The minimum absolute atomic E-state index is 0.0313. The lowest BCUT2D eigenvalue weighted by atomic mass is 9.58. The number of ether oxygens (including phenoxy) is 2. The molecule has 0 aliphatic heterocycles. The maximum absolute atomic E-state index is 12.4. The van der Waals surface area contributed by atoms with Crippen LogP contribution in [-0.2, 0) is 21.4 Å². The highest BCUT2D eigenvalue weighted by Crippen LogP contribution is 2.53. The van der Waals surface area contributed by atoms with E-state index in [1.807, 2.05) is 26.1 Å². The lowest BCUT2D eigenvalue weighted by molar-refractivity contribution is -0.121. The van der Waals surface area contributed by atoms with Crippen molar-refractivity contribution in [1.29, 1.82) is 0 Å². The molecule has 0 heterocycles. The van der Waals surface area contributed by atoms with Crippen molar-refractivity contribution >= 4 is 5.78 Å². The summed E-state index contributed by atoms with van der Waals surface area (Å²) in [7, 11) is 4.99. The molecule has 2 aliphatic rings. The Kier molecular flexibility index (Phi) is 3.84. The Bertz CT molecular complexity index is 682. The predicted octanol–water partition coefficient (Wildman–Crippen LogP) is 1.92. The van der Waals surface area contributed by atoms with E-state index in [4.69, 9.17) is 9.47 Å². The Hall–Kier alpha value is -2.01. The number of carbonyl (C=O) groups excluding carboxylic acids is 1. The standard InChI is InChI=1S/C18H23NO4/c1-18-9-13(20)15(23-4)8-11(18)12(19-2)7-10-5-6-14(22-3)17(21)16(10)18/h5-6,8,11-12,19,21H,7,9H2,1-4H3/t11-,12+,18?/m1/s1. The van der Waals surface area contributed by atoms with Crippen molar-refractivity contribution in [2.45, 2.75) is 31.2 Å². The van der Waals surface area contributed by atoms with Crippen LogP contribution in [-0.4, -0.2) is 38.2 Å². The number of ketones is 1. The molecule has 5 heteroatoms. The highest BCUT2D eigenvalue weighted by Gasteiger charge is 2.50. The van der Waals surface area contributed by atoms with Crippen LogP contribution in [0.15, 0.2) is 24.0 Å². The zero-order chi connectivity index (χ0) is 16.8. The molecule has 0 aromatic heterocycles. The maximum Gasteiger partial charge on any atom is 0.197 e. The first-order valence-corrected chi connectivity index (χ1v) is 7.81. The van der Waals surface area contributed by atoms with Gasteiger partial charge in [0.05, 0.1) is 14.2 Å². The molecule has 1 aromatic carbocycles. The molecule has 1 unspecified atom stereocenters. The Morgan fingerprint density at radius 3 is 2.65 bits per heavy atom. The van der Waals surface area contributed by atoms with E-state index in [1.54, 1.807) is 6.07 Å². The van der Waals surface area contributed by atoms with Gasteiger partial charge in [-0.15, -0.1) is 0 Å². The monoisotopic (exact) mass is 317 g/mol. The van der Waals surface area contributed by atoms with Gasteiger partial charge in [0.15, 0.2) is 23.0 Å². The number of methoxy groups -OCH3 is 2. The summed E-state index contributed by atoms with van der Waals surface area (Å²) in [5.74, 6) is 1.04. The SMILES string of the molecule is CN[C@H]1Cc2ccc(OC)c(O)c2C2(C)CC(=O)C(OC)=C[C@H]12. The molecular formula is C18H23NO4. The smallest absolute Gasteiger partial charge is 0.197 e. The summed E-state index contributed by atoms with van der Waals surface area (Å²) in [6.07, 6.45) is 3.00. The number of nitrogens with one attached hydrogen (secondary N) is 1. The summed E-state index contributed by atoms with van der Waals surface area (Å²) in [4.78, 5) is 12.4. The van der Waals surface area contributed by atoms with Gasteiger partial charge >= 0.3 is 0 Å². The number of hydrogen-bond acceptors (Lipinski definition) is 5. The summed E-state index contributed by atoms with van der Waals surface area (Å²) in [6, 6.07) is 3.95. The van der Waals surface area contributed by atoms with Crippen LogP contribution in [0.3, 0.4) is 0 Å². The summed E-state index contributed by atoms with van der Waals surface area (Å²) >= 11 is 0. The molecule has 0 spiro atoms. The Morgan fingerprint density at radius 2 is 2.04 bits per heavy atom. The average Bonchev–Trinajstić information content (AvgIpc) is 2.53. The third-order valence-electron chi connectivity index (χ3n) is 5.35. The van der Waals surface area contributed by atoms with Gasteiger partial charge in [-0.05, 0) is 31.2 Å². The van der Waals surface area contributed by atoms with E-state index in [0.29, 0.717) is 17.9 Å². The molecule has 23 heavy (non-hydrogen) atoms. The van der Waals surface area contributed by atoms with Crippen LogP contribution in [0.25, 0.3) is 0 Å². The molecular weight excluding hydrogens is 294 g/mol. The van der Waals surface area contributed by atoms with Crippen molar-refractivity contribution in [1.82, 2.24) is 5.32 Å². The van der Waals surface area contributed by atoms with Crippen molar-refractivity contribution in [3.8, 4) is 11.5 Å².